The first kappa shape index (κ1) is 28.7. The van der Waals surface area contributed by atoms with E-state index >= 15 is 0 Å². The summed E-state index contributed by atoms with van der Waals surface area (Å²) in [6.07, 6.45) is 12.5. The van der Waals surface area contributed by atoms with Crippen LogP contribution in [0.15, 0.2) is 0 Å². The van der Waals surface area contributed by atoms with Crippen LogP contribution < -0.4 is 0 Å². The van der Waals surface area contributed by atoms with Gasteiger partial charge in [0.05, 0.1) is 13.2 Å². The van der Waals surface area contributed by atoms with Gasteiger partial charge in [-0.2, -0.15) is 0 Å². The van der Waals surface area contributed by atoms with Crippen LogP contribution >= 0.6 is 7.60 Å². The molecular formula is C24H47O4P. The predicted molar refractivity (Wildman–Crippen MR) is 124 cm³/mol. The molecule has 4 nitrogen and oxygen atoms in total. The summed E-state index contributed by atoms with van der Waals surface area (Å²) in [5, 5.41) is 10.6. The molecule has 0 aliphatic carbocycles. The van der Waals surface area contributed by atoms with E-state index in [9.17, 15) is 9.67 Å². The van der Waals surface area contributed by atoms with Crippen LogP contribution in [0.25, 0.3) is 0 Å². The van der Waals surface area contributed by atoms with Gasteiger partial charge in [0.25, 0.3) is 0 Å². The van der Waals surface area contributed by atoms with Crippen LogP contribution in [0.1, 0.15) is 112 Å². The molecule has 5 heteroatoms. The lowest BCUT2D eigenvalue weighted by Gasteiger charge is -2.25. The van der Waals surface area contributed by atoms with Crippen LogP contribution in [0.5, 0.6) is 0 Å². The lowest BCUT2D eigenvalue weighted by atomic mass is 10.0. The van der Waals surface area contributed by atoms with Crippen molar-refractivity contribution in [3.63, 3.8) is 0 Å². The minimum atomic E-state index is -3.68. The van der Waals surface area contributed by atoms with Crippen molar-refractivity contribution in [3.8, 4) is 11.8 Å². The van der Waals surface area contributed by atoms with Gasteiger partial charge >= 0.3 is 7.60 Å². The van der Waals surface area contributed by atoms with Crippen LogP contribution in [0.2, 0.25) is 0 Å². The molecule has 0 aromatic rings. The van der Waals surface area contributed by atoms with Gasteiger partial charge in [0.15, 0.2) is 0 Å². The van der Waals surface area contributed by atoms with Crippen molar-refractivity contribution in [1.29, 1.82) is 0 Å². The Labute approximate surface area is 181 Å². The van der Waals surface area contributed by atoms with Crippen LogP contribution in [0.4, 0.5) is 0 Å². The third-order valence-corrected chi connectivity index (χ3v) is 7.25. The van der Waals surface area contributed by atoms with Crippen LogP contribution in [0.3, 0.4) is 0 Å². The average Bonchev–Trinajstić information content (AvgIpc) is 2.73. The van der Waals surface area contributed by atoms with Gasteiger partial charge in [0.1, 0.15) is 0 Å². The van der Waals surface area contributed by atoms with Gasteiger partial charge < -0.3 is 14.2 Å². The monoisotopic (exact) mass is 430 g/mol. The zero-order valence-corrected chi connectivity index (χ0v) is 20.6. The number of aliphatic hydroxyl groups excluding tert-OH is 1. The van der Waals surface area contributed by atoms with Gasteiger partial charge in [0, 0.05) is 6.42 Å². The van der Waals surface area contributed by atoms with E-state index in [1.54, 1.807) is 0 Å². The summed E-state index contributed by atoms with van der Waals surface area (Å²) < 4.78 is 25.0. The molecule has 172 valence electrons. The van der Waals surface area contributed by atoms with E-state index in [2.05, 4.69) is 46.5 Å². The molecule has 3 atom stereocenters. The third-order valence-electron chi connectivity index (χ3n) is 5.50. The number of hydrogen-bond donors (Lipinski definition) is 1. The van der Waals surface area contributed by atoms with Crippen molar-refractivity contribution >= 4 is 7.60 Å². The molecule has 0 aromatic carbocycles. The highest BCUT2D eigenvalue weighted by atomic mass is 31.2. The molecule has 0 rings (SSSR count). The summed E-state index contributed by atoms with van der Waals surface area (Å²) in [6.45, 7) is 11.4. The minimum absolute atomic E-state index is 0.332. The molecule has 0 saturated heterocycles. The van der Waals surface area contributed by atoms with Gasteiger partial charge in [-0.3, -0.25) is 4.57 Å². The summed E-state index contributed by atoms with van der Waals surface area (Å²) in [5.41, 5.74) is 0. The Morgan fingerprint density at radius 2 is 1.28 bits per heavy atom. The SMILES string of the molecule is CCCCCC#CC(O)P(=O)(OCC(CC)CCCC)OCC(CC)CCCC. The van der Waals surface area contributed by atoms with E-state index in [4.69, 9.17) is 9.05 Å². The van der Waals surface area contributed by atoms with E-state index in [-0.39, 0.29) is 0 Å². The summed E-state index contributed by atoms with van der Waals surface area (Å²) in [7, 11) is -3.68. The molecule has 0 spiro atoms. The molecule has 0 aromatic heterocycles. The number of aliphatic hydroxyl groups is 1. The molecule has 0 bridgehead atoms. The molecule has 0 aliphatic rings. The molecule has 0 fully saturated rings. The molecule has 29 heavy (non-hydrogen) atoms. The van der Waals surface area contributed by atoms with Gasteiger partial charge in [-0.05, 0) is 31.1 Å². The fourth-order valence-electron chi connectivity index (χ4n) is 3.10. The second-order valence-electron chi connectivity index (χ2n) is 8.12. The van der Waals surface area contributed by atoms with Crippen molar-refractivity contribution < 1.29 is 18.7 Å². The van der Waals surface area contributed by atoms with Crippen molar-refractivity contribution in [2.45, 2.75) is 118 Å². The first-order valence-electron chi connectivity index (χ1n) is 12.0. The Hall–Kier alpha value is -0.330. The summed E-state index contributed by atoms with van der Waals surface area (Å²) >= 11 is 0. The topological polar surface area (TPSA) is 55.8 Å². The Morgan fingerprint density at radius 1 is 0.793 bits per heavy atom. The minimum Gasteiger partial charge on any atom is -0.370 e. The predicted octanol–water partition coefficient (Wildman–Crippen LogP) is 7.55. The Morgan fingerprint density at radius 3 is 1.69 bits per heavy atom. The number of unbranched alkanes of at least 4 members (excludes halogenated alkanes) is 5. The van der Waals surface area contributed by atoms with E-state index in [1.807, 2.05) is 0 Å². The highest BCUT2D eigenvalue weighted by molar-refractivity contribution is 7.54. The fraction of sp³-hybridized carbons (Fsp3) is 0.917. The molecule has 0 saturated carbocycles. The summed E-state index contributed by atoms with van der Waals surface area (Å²) in [4.78, 5) is 0. The van der Waals surface area contributed by atoms with E-state index in [1.165, 1.54) is 0 Å². The number of hydrogen-bond acceptors (Lipinski definition) is 4. The first-order chi connectivity index (χ1) is 14.0. The van der Waals surface area contributed by atoms with Gasteiger partial charge in [0.2, 0.25) is 5.85 Å². The maximum absolute atomic E-state index is 13.4. The van der Waals surface area contributed by atoms with Crippen molar-refractivity contribution in [2.24, 2.45) is 11.8 Å². The fourth-order valence-corrected chi connectivity index (χ4v) is 4.54. The van der Waals surface area contributed by atoms with E-state index in [0.717, 1.165) is 70.6 Å². The normalized spacial score (nSPS) is 16.5. The van der Waals surface area contributed by atoms with Crippen LogP contribution in [0, 0.1) is 23.7 Å². The Balaban J connectivity index is 5.05. The van der Waals surface area contributed by atoms with Gasteiger partial charge in [-0.1, -0.05) is 97.8 Å². The van der Waals surface area contributed by atoms with Gasteiger partial charge in [-0.25, -0.2) is 0 Å². The largest absolute Gasteiger partial charge is 0.371 e. The third kappa shape index (κ3) is 13.6. The molecule has 0 amide bonds. The maximum atomic E-state index is 13.4. The zero-order chi connectivity index (χ0) is 22.0. The molecule has 1 N–H and O–H groups in total. The van der Waals surface area contributed by atoms with E-state index < -0.39 is 13.4 Å². The highest BCUT2D eigenvalue weighted by Crippen LogP contribution is 2.53. The van der Waals surface area contributed by atoms with Gasteiger partial charge in [-0.15, -0.1) is 0 Å². The summed E-state index contributed by atoms with van der Waals surface area (Å²) in [6, 6.07) is 0. The molecule has 0 radical (unpaired) electrons. The quantitative estimate of drug-likeness (QED) is 0.139. The number of rotatable bonds is 18. The first-order valence-corrected chi connectivity index (χ1v) is 13.6. The smallest absolute Gasteiger partial charge is 0.370 e. The van der Waals surface area contributed by atoms with Crippen LogP contribution in [-0.4, -0.2) is 24.2 Å². The van der Waals surface area contributed by atoms with Crippen molar-refractivity contribution in [2.75, 3.05) is 13.2 Å². The average molecular weight is 431 g/mol. The molecule has 3 unspecified atom stereocenters. The van der Waals surface area contributed by atoms with Crippen molar-refractivity contribution in [1.82, 2.24) is 0 Å². The second kappa shape index (κ2) is 18.4. The second-order valence-corrected chi connectivity index (χ2v) is 10.2. The molecule has 0 heterocycles. The van der Waals surface area contributed by atoms with Crippen LogP contribution in [-0.2, 0) is 13.6 Å². The maximum Gasteiger partial charge on any atom is 0.371 e. The molecule has 0 aliphatic heterocycles. The standard InChI is InChI=1S/C24H47O4P/c1-6-11-14-15-16-19-24(25)29(26,27-20-22(9-4)17-12-7-2)28-21-23(10-5)18-13-8-3/h22-25H,6-15,17-18,20-21H2,1-5H3. The van der Waals surface area contributed by atoms with Crippen molar-refractivity contribution in [3.05, 3.63) is 0 Å². The Kier molecular flexibility index (Phi) is 18.2. The van der Waals surface area contributed by atoms with E-state index in [0.29, 0.717) is 31.5 Å². The lowest BCUT2D eigenvalue weighted by molar-refractivity contribution is 0.124. The Bertz CT molecular complexity index is 459. The molecular weight excluding hydrogens is 383 g/mol. The summed E-state index contributed by atoms with van der Waals surface area (Å²) in [5.74, 6) is 5.01. The lowest BCUT2D eigenvalue weighted by Crippen LogP contribution is -2.18. The highest BCUT2D eigenvalue weighted by Gasteiger charge is 2.35. The zero-order valence-electron chi connectivity index (χ0n) is 19.8.